The molecule has 1 aromatic carbocycles. The van der Waals surface area contributed by atoms with Crippen molar-refractivity contribution in [3.8, 4) is 5.75 Å². The van der Waals surface area contributed by atoms with E-state index in [0.717, 1.165) is 37.1 Å². The standard InChI is InChI=1S/C24H37N5O2/c1-5-25-24(27-18-22(28(2)3)23-9-8-16-31-23)26-17-21(29-14-6-7-15-29)19-10-12-20(30-4)13-11-19/h8-13,16,21-22H,5-7,14-15,17-18H2,1-4H3,(H2,25,26,27). The lowest BCUT2D eigenvalue weighted by Gasteiger charge is -2.27. The second kappa shape index (κ2) is 11.8. The summed E-state index contributed by atoms with van der Waals surface area (Å²) in [4.78, 5) is 9.66. The highest BCUT2D eigenvalue weighted by Gasteiger charge is 2.24. The Hall–Kier alpha value is -2.51. The number of aliphatic imine (C=N–C) groups is 1. The molecule has 2 unspecified atom stereocenters. The third-order valence-corrected chi connectivity index (χ3v) is 5.81. The number of hydrogen-bond acceptors (Lipinski definition) is 5. The van der Waals surface area contributed by atoms with Gasteiger partial charge in [0.2, 0.25) is 0 Å². The van der Waals surface area contributed by atoms with E-state index in [4.69, 9.17) is 14.1 Å². The molecule has 0 saturated carbocycles. The summed E-state index contributed by atoms with van der Waals surface area (Å²) in [5, 5.41) is 6.89. The fourth-order valence-corrected chi connectivity index (χ4v) is 4.04. The van der Waals surface area contributed by atoms with Crippen LogP contribution in [0.2, 0.25) is 0 Å². The molecule has 0 amide bonds. The Morgan fingerprint density at radius 3 is 2.48 bits per heavy atom. The molecular formula is C24H37N5O2. The van der Waals surface area contributed by atoms with Crippen LogP contribution in [0.5, 0.6) is 5.75 Å². The number of furan rings is 1. The molecule has 2 N–H and O–H groups in total. The molecule has 0 radical (unpaired) electrons. The number of benzene rings is 1. The maximum atomic E-state index is 5.63. The summed E-state index contributed by atoms with van der Waals surface area (Å²) in [7, 11) is 5.83. The average Bonchev–Trinajstić information content (AvgIpc) is 3.49. The van der Waals surface area contributed by atoms with E-state index in [0.29, 0.717) is 13.1 Å². The van der Waals surface area contributed by atoms with Crippen molar-refractivity contribution in [1.29, 1.82) is 0 Å². The maximum absolute atomic E-state index is 5.63. The van der Waals surface area contributed by atoms with Crippen LogP contribution in [0.15, 0.2) is 52.1 Å². The average molecular weight is 428 g/mol. The number of ether oxygens (including phenoxy) is 1. The first kappa shape index (κ1) is 23.2. The van der Waals surface area contributed by atoms with Crippen LogP contribution >= 0.6 is 0 Å². The zero-order valence-corrected chi connectivity index (χ0v) is 19.3. The predicted octanol–water partition coefficient (Wildman–Crippen LogP) is 3.28. The van der Waals surface area contributed by atoms with Crippen LogP contribution < -0.4 is 15.4 Å². The van der Waals surface area contributed by atoms with Crippen LogP contribution in [0.3, 0.4) is 0 Å². The number of methoxy groups -OCH3 is 1. The van der Waals surface area contributed by atoms with E-state index in [1.165, 1.54) is 18.4 Å². The van der Waals surface area contributed by atoms with E-state index >= 15 is 0 Å². The Labute approximate surface area is 186 Å². The van der Waals surface area contributed by atoms with E-state index in [2.05, 4.69) is 53.6 Å². The van der Waals surface area contributed by atoms with Crippen LogP contribution in [-0.2, 0) is 0 Å². The first-order chi connectivity index (χ1) is 15.1. The van der Waals surface area contributed by atoms with Gasteiger partial charge in [0.25, 0.3) is 0 Å². The zero-order valence-electron chi connectivity index (χ0n) is 19.3. The number of likely N-dealkylation sites (N-methyl/N-ethyl adjacent to an activating group) is 1. The molecule has 1 aliphatic heterocycles. The quantitative estimate of drug-likeness (QED) is 0.448. The van der Waals surface area contributed by atoms with E-state index < -0.39 is 0 Å². The van der Waals surface area contributed by atoms with Gasteiger partial charge in [0.15, 0.2) is 5.96 Å². The van der Waals surface area contributed by atoms with Crippen LogP contribution in [0.1, 0.15) is 43.2 Å². The van der Waals surface area contributed by atoms with Gasteiger partial charge in [0, 0.05) is 13.1 Å². The topological polar surface area (TPSA) is 65.3 Å². The molecule has 1 aliphatic rings. The minimum atomic E-state index is 0.134. The molecule has 2 aromatic rings. The third kappa shape index (κ3) is 6.48. The largest absolute Gasteiger partial charge is 0.497 e. The first-order valence-corrected chi connectivity index (χ1v) is 11.2. The van der Waals surface area contributed by atoms with Gasteiger partial charge in [0.05, 0.1) is 32.0 Å². The maximum Gasteiger partial charge on any atom is 0.191 e. The fourth-order valence-electron chi connectivity index (χ4n) is 4.04. The lowest BCUT2D eigenvalue weighted by Crippen LogP contribution is -2.42. The van der Waals surface area contributed by atoms with Crippen LogP contribution in [-0.4, -0.2) is 69.7 Å². The molecule has 1 saturated heterocycles. The van der Waals surface area contributed by atoms with E-state index in [1.54, 1.807) is 13.4 Å². The Kier molecular flexibility index (Phi) is 8.79. The number of likely N-dealkylation sites (tertiary alicyclic amines) is 1. The van der Waals surface area contributed by atoms with Gasteiger partial charge in [0.1, 0.15) is 11.5 Å². The second-order valence-electron chi connectivity index (χ2n) is 8.13. The summed E-state index contributed by atoms with van der Waals surface area (Å²) in [5.41, 5.74) is 1.28. The summed E-state index contributed by atoms with van der Waals surface area (Å²) in [6.45, 7) is 6.57. The Morgan fingerprint density at radius 1 is 1.16 bits per heavy atom. The highest BCUT2D eigenvalue weighted by molar-refractivity contribution is 5.79. The first-order valence-electron chi connectivity index (χ1n) is 11.2. The van der Waals surface area contributed by atoms with E-state index in [-0.39, 0.29) is 12.1 Å². The van der Waals surface area contributed by atoms with Crippen LogP contribution in [0, 0.1) is 0 Å². The number of nitrogens with one attached hydrogen (secondary N) is 2. The normalized spacial score (nSPS) is 17.0. The van der Waals surface area contributed by atoms with Crippen LogP contribution in [0.25, 0.3) is 0 Å². The number of guanidine groups is 1. The molecule has 31 heavy (non-hydrogen) atoms. The van der Waals surface area contributed by atoms with Crippen molar-refractivity contribution in [2.24, 2.45) is 4.99 Å². The van der Waals surface area contributed by atoms with Crippen molar-refractivity contribution in [3.63, 3.8) is 0 Å². The molecule has 2 heterocycles. The lowest BCUT2D eigenvalue weighted by molar-refractivity contribution is 0.250. The summed E-state index contributed by atoms with van der Waals surface area (Å²) >= 11 is 0. The minimum Gasteiger partial charge on any atom is -0.497 e. The van der Waals surface area contributed by atoms with Gasteiger partial charge >= 0.3 is 0 Å². The minimum absolute atomic E-state index is 0.134. The Morgan fingerprint density at radius 2 is 1.90 bits per heavy atom. The van der Waals surface area contributed by atoms with Crippen molar-refractivity contribution >= 4 is 5.96 Å². The fraction of sp³-hybridized carbons (Fsp3) is 0.542. The number of nitrogens with zero attached hydrogens (tertiary/aromatic N) is 3. The highest BCUT2D eigenvalue weighted by Crippen LogP contribution is 2.27. The van der Waals surface area contributed by atoms with Crippen molar-refractivity contribution in [3.05, 3.63) is 54.0 Å². The van der Waals surface area contributed by atoms with Crippen molar-refractivity contribution < 1.29 is 9.15 Å². The van der Waals surface area contributed by atoms with Gasteiger partial charge in [-0.3, -0.25) is 14.8 Å². The van der Waals surface area contributed by atoms with Gasteiger partial charge in [-0.25, -0.2) is 0 Å². The number of hydrogen-bond donors (Lipinski definition) is 2. The monoisotopic (exact) mass is 427 g/mol. The SMILES string of the molecule is CCNC(=NCC(c1ccc(OC)cc1)N1CCCC1)NCC(c1ccco1)N(C)C. The second-order valence-corrected chi connectivity index (χ2v) is 8.13. The summed E-state index contributed by atoms with van der Waals surface area (Å²) in [5.74, 6) is 2.66. The van der Waals surface area contributed by atoms with Gasteiger partial charge < -0.3 is 19.8 Å². The predicted molar refractivity (Wildman–Crippen MR) is 126 cm³/mol. The smallest absolute Gasteiger partial charge is 0.191 e. The summed E-state index contributed by atoms with van der Waals surface area (Å²) in [6, 6.07) is 12.7. The van der Waals surface area contributed by atoms with Gasteiger partial charge in [-0.05, 0) is 76.8 Å². The Bertz CT molecular complexity index is 783. The molecule has 1 aromatic heterocycles. The van der Waals surface area contributed by atoms with Gasteiger partial charge in [-0.1, -0.05) is 12.1 Å². The summed E-state index contributed by atoms with van der Waals surface area (Å²) in [6.07, 6.45) is 4.23. The van der Waals surface area contributed by atoms with Crippen molar-refractivity contribution in [1.82, 2.24) is 20.4 Å². The number of rotatable bonds is 10. The summed E-state index contributed by atoms with van der Waals surface area (Å²) < 4.78 is 11.0. The molecule has 7 heteroatoms. The van der Waals surface area contributed by atoms with E-state index in [1.807, 2.05) is 24.3 Å². The molecule has 7 nitrogen and oxygen atoms in total. The third-order valence-electron chi connectivity index (χ3n) is 5.81. The van der Waals surface area contributed by atoms with Crippen LogP contribution in [0.4, 0.5) is 0 Å². The van der Waals surface area contributed by atoms with Crippen molar-refractivity contribution in [2.45, 2.75) is 31.8 Å². The molecule has 3 rings (SSSR count). The van der Waals surface area contributed by atoms with Crippen molar-refractivity contribution in [2.75, 3.05) is 53.9 Å². The molecular weight excluding hydrogens is 390 g/mol. The highest BCUT2D eigenvalue weighted by atomic mass is 16.5. The zero-order chi connectivity index (χ0) is 22.1. The molecule has 0 bridgehead atoms. The molecule has 1 fully saturated rings. The van der Waals surface area contributed by atoms with Gasteiger partial charge in [-0.15, -0.1) is 0 Å². The molecule has 0 aliphatic carbocycles. The Balaban J connectivity index is 1.71. The molecule has 170 valence electrons. The van der Waals surface area contributed by atoms with Gasteiger partial charge in [-0.2, -0.15) is 0 Å². The van der Waals surface area contributed by atoms with E-state index in [9.17, 15) is 0 Å². The lowest BCUT2D eigenvalue weighted by atomic mass is 10.1. The molecule has 2 atom stereocenters. The molecule has 0 spiro atoms.